The number of aromatic amines is 1. The van der Waals surface area contributed by atoms with E-state index >= 15 is 0 Å². The minimum absolute atomic E-state index is 0.249. The normalized spacial score (nSPS) is 23.7. The molecular weight excluding hydrogens is 721 g/mol. The lowest BCUT2D eigenvalue weighted by molar-refractivity contribution is -0.156. The van der Waals surface area contributed by atoms with Crippen LogP contribution in [0.15, 0.2) is 64.3 Å². The second kappa shape index (κ2) is 15.0. The molecule has 0 aliphatic carbocycles. The molecule has 1 fully saturated rings. The lowest BCUT2D eigenvalue weighted by Crippen LogP contribution is -2.47. The number of esters is 2. The molecule has 0 bridgehead atoms. The van der Waals surface area contributed by atoms with Crippen molar-refractivity contribution in [2.45, 2.75) is 69.0 Å². The molecule has 13 nitrogen and oxygen atoms in total. The first-order chi connectivity index (χ1) is 22.0. The van der Waals surface area contributed by atoms with Gasteiger partial charge in [0.2, 0.25) is 0 Å². The SMILES string of the molecule is CC(C)OC(=O)[C@H](C)C[P@](=O)(OC[C@H]1O[C@@H](n2ccc(=O)[nH]c2=O)[C@](Cl)(Br)[C@@H]1OC(=O)[C@@H](N)C(C)C)Oc1cccc2ccccc12. The third-order valence-electron chi connectivity index (χ3n) is 7.36. The van der Waals surface area contributed by atoms with E-state index in [9.17, 15) is 23.7 Å². The van der Waals surface area contributed by atoms with Gasteiger partial charge in [0.15, 0.2) is 16.1 Å². The van der Waals surface area contributed by atoms with E-state index in [1.54, 1.807) is 52.0 Å². The molecule has 47 heavy (non-hydrogen) atoms. The van der Waals surface area contributed by atoms with Gasteiger partial charge in [-0.25, -0.2) is 9.36 Å². The Morgan fingerprint density at radius 2 is 1.77 bits per heavy atom. The van der Waals surface area contributed by atoms with Gasteiger partial charge < -0.3 is 24.5 Å². The molecule has 3 N–H and O–H groups in total. The molecule has 1 aliphatic rings. The van der Waals surface area contributed by atoms with Gasteiger partial charge in [-0.1, -0.05) is 84.7 Å². The van der Waals surface area contributed by atoms with Crippen molar-refractivity contribution < 1.29 is 37.4 Å². The Balaban J connectivity index is 1.69. The number of nitrogens with zero attached hydrogens (tertiary/aromatic N) is 1. The average molecular weight is 759 g/mol. The fourth-order valence-corrected chi connectivity index (χ4v) is 7.77. The first-order valence-electron chi connectivity index (χ1n) is 14.9. The summed E-state index contributed by atoms with van der Waals surface area (Å²) in [6.07, 6.45) is -3.58. The Bertz CT molecular complexity index is 1760. The molecule has 2 heterocycles. The Labute approximate surface area is 284 Å². The maximum atomic E-state index is 14.5. The lowest BCUT2D eigenvalue weighted by Gasteiger charge is -2.29. The Hall–Kier alpha value is -3.00. The summed E-state index contributed by atoms with van der Waals surface area (Å²) in [6.45, 7) is 7.86. The fourth-order valence-electron chi connectivity index (χ4n) is 4.82. The van der Waals surface area contributed by atoms with Crippen molar-refractivity contribution in [3.05, 3.63) is 75.6 Å². The third-order valence-corrected chi connectivity index (χ3v) is 10.6. The summed E-state index contributed by atoms with van der Waals surface area (Å²) in [5.74, 6) is -2.36. The number of alkyl halides is 2. The van der Waals surface area contributed by atoms with E-state index in [0.29, 0.717) is 5.39 Å². The van der Waals surface area contributed by atoms with E-state index < -0.39 is 77.7 Å². The number of carbonyl (C=O) groups is 2. The zero-order chi connectivity index (χ0) is 34.7. The minimum Gasteiger partial charge on any atom is -0.463 e. The van der Waals surface area contributed by atoms with Crippen LogP contribution in [0, 0.1) is 11.8 Å². The van der Waals surface area contributed by atoms with E-state index in [0.717, 1.165) is 16.0 Å². The van der Waals surface area contributed by atoms with Crippen molar-refractivity contribution in [2.75, 3.05) is 12.8 Å². The van der Waals surface area contributed by atoms with Crippen LogP contribution in [-0.4, -0.2) is 62.4 Å². The fraction of sp³-hybridized carbons (Fsp3) is 0.484. The lowest BCUT2D eigenvalue weighted by atomic mass is 10.1. The van der Waals surface area contributed by atoms with E-state index in [4.69, 9.17) is 40.6 Å². The predicted octanol–water partition coefficient (Wildman–Crippen LogP) is 4.69. The molecule has 16 heteroatoms. The molecule has 0 saturated carbocycles. The molecule has 4 rings (SSSR count). The van der Waals surface area contributed by atoms with Gasteiger partial charge in [-0.05, 0) is 31.2 Å². The topological polar surface area (TPSA) is 178 Å². The maximum absolute atomic E-state index is 14.5. The van der Waals surface area contributed by atoms with Gasteiger partial charge in [-0.3, -0.25) is 28.5 Å². The van der Waals surface area contributed by atoms with Gasteiger partial charge >= 0.3 is 25.2 Å². The quantitative estimate of drug-likeness (QED) is 0.140. The highest BCUT2D eigenvalue weighted by molar-refractivity contribution is 9.10. The highest BCUT2D eigenvalue weighted by atomic mass is 79.9. The summed E-state index contributed by atoms with van der Waals surface area (Å²) < 4.78 is 43.0. The van der Waals surface area contributed by atoms with Gasteiger partial charge in [0, 0.05) is 17.6 Å². The monoisotopic (exact) mass is 757 g/mol. The molecule has 0 spiro atoms. The second-order valence-corrected chi connectivity index (χ2v) is 16.3. The Kier molecular flexibility index (Phi) is 11.8. The largest absolute Gasteiger partial charge is 0.463 e. The second-order valence-electron chi connectivity index (χ2n) is 11.9. The Morgan fingerprint density at radius 3 is 2.43 bits per heavy atom. The number of benzene rings is 2. The van der Waals surface area contributed by atoms with Gasteiger partial charge in [-0.15, -0.1) is 0 Å². The number of hydrogen-bond acceptors (Lipinski definition) is 11. The van der Waals surface area contributed by atoms with Gasteiger partial charge in [0.05, 0.1) is 24.8 Å². The summed E-state index contributed by atoms with van der Waals surface area (Å²) in [7, 11) is -4.22. The maximum Gasteiger partial charge on any atom is 0.380 e. The van der Waals surface area contributed by atoms with Crippen molar-refractivity contribution in [1.29, 1.82) is 0 Å². The molecule has 2 aromatic carbocycles. The number of fused-ring (bicyclic) bond motifs is 1. The van der Waals surface area contributed by atoms with Crippen LogP contribution in [0.3, 0.4) is 0 Å². The summed E-state index contributed by atoms with van der Waals surface area (Å²) in [5.41, 5.74) is 4.54. The van der Waals surface area contributed by atoms with Gasteiger partial charge in [0.1, 0.15) is 17.9 Å². The zero-order valence-electron chi connectivity index (χ0n) is 26.5. The van der Waals surface area contributed by atoms with Crippen molar-refractivity contribution in [3.8, 4) is 5.75 Å². The first kappa shape index (κ1) is 36.8. The van der Waals surface area contributed by atoms with E-state index in [-0.39, 0.29) is 17.8 Å². The van der Waals surface area contributed by atoms with E-state index in [1.165, 1.54) is 13.1 Å². The number of nitrogens with two attached hydrogens (primary N) is 1. The molecule has 1 aliphatic heterocycles. The van der Waals surface area contributed by atoms with Crippen molar-refractivity contribution in [1.82, 2.24) is 9.55 Å². The van der Waals surface area contributed by atoms with Crippen LogP contribution >= 0.6 is 35.1 Å². The van der Waals surface area contributed by atoms with Crippen molar-refractivity contribution in [2.24, 2.45) is 17.6 Å². The minimum atomic E-state index is -4.22. The molecule has 1 saturated heterocycles. The van der Waals surface area contributed by atoms with Crippen LogP contribution in [-0.2, 0) is 32.9 Å². The third kappa shape index (κ3) is 8.73. The standard InChI is InChI=1S/C31H38BrClN3O10P/c1-17(2)25(34)28(39)45-26-23(44-29(31(26,32)33)36-14-13-24(37)35-30(36)40)15-42-47(41,16-19(5)27(38)43-18(3)4)46-22-12-8-10-20-9-6-7-11-21(20)22/h6-14,17-19,23,25-26,29H,15-16,34H2,1-5H3,(H,35,37,40)/t19-,23-,25+,26-,29-,31+,47+/m1/s1. The van der Waals surface area contributed by atoms with Crippen LogP contribution in [0.2, 0.25) is 0 Å². The van der Waals surface area contributed by atoms with Crippen LogP contribution in [0.4, 0.5) is 0 Å². The number of carbonyl (C=O) groups excluding carboxylic acids is 2. The number of rotatable bonds is 13. The van der Waals surface area contributed by atoms with E-state index in [1.807, 2.05) is 18.2 Å². The van der Waals surface area contributed by atoms with Crippen molar-refractivity contribution >= 4 is 57.8 Å². The van der Waals surface area contributed by atoms with Crippen LogP contribution < -0.4 is 21.5 Å². The van der Waals surface area contributed by atoms with Crippen LogP contribution in [0.25, 0.3) is 10.8 Å². The molecule has 0 unspecified atom stereocenters. The van der Waals surface area contributed by atoms with Crippen LogP contribution in [0.1, 0.15) is 40.8 Å². The average Bonchev–Trinajstić information content (AvgIpc) is 3.24. The summed E-state index contributed by atoms with van der Waals surface area (Å²) in [4.78, 5) is 52.4. The van der Waals surface area contributed by atoms with Gasteiger partial charge in [0.25, 0.3) is 5.56 Å². The first-order valence-corrected chi connectivity index (χ1v) is 17.8. The van der Waals surface area contributed by atoms with Crippen LogP contribution in [0.5, 0.6) is 5.75 Å². The number of hydrogen-bond donors (Lipinski definition) is 2. The Morgan fingerprint density at radius 1 is 1.09 bits per heavy atom. The number of halogens is 2. The molecule has 3 aromatic rings. The number of aromatic nitrogens is 2. The zero-order valence-corrected chi connectivity index (χ0v) is 29.7. The number of H-pyrrole nitrogens is 1. The summed E-state index contributed by atoms with van der Waals surface area (Å²) in [5, 5.41) is 1.47. The molecule has 0 amide bonds. The smallest absolute Gasteiger partial charge is 0.380 e. The summed E-state index contributed by atoms with van der Waals surface area (Å²) >= 11 is 10.3. The predicted molar refractivity (Wildman–Crippen MR) is 179 cm³/mol. The van der Waals surface area contributed by atoms with Gasteiger partial charge in [-0.2, -0.15) is 0 Å². The van der Waals surface area contributed by atoms with Crippen molar-refractivity contribution in [3.63, 3.8) is 0 Å². The highest BCUT2D eigenvalue weighted by Crippen LogP contribution is 2.54. The van der Waals surface area contributed by atoms with E-state index in [2.05, 4.69) is 20.9 Å². The number of ether oxygens (including phenoxy) is 3. The molecule has 256 valence electrons. The molecule has 7 atom stereocenters. The molecule has 0 radical (unpaired) electrons. The number of nitrogens with one attached hydrogen (secondary N) is 1. The molecular formula is C31H38BrClN3O10P. The summed E-state index contributed by atoms with van der Waals surface area (Å²) in [6, 6.07) is 12.6. The molecule has 1 aromatic heterocycles. The highest BCUT2D eigenvalue weighted by Gasteiger charge is 2.59.